The second-order valence-corrected chi connectivity index (χ2v) is 9.16. The van der Waals surface area contributed by atoms with Crippen molar-refractivity contribution in [2.45, 2.75) is 59.1 Å². The van der Waals surface area contributed by atoms with Gasteiger partial charge >= 0.3 is 5.97 Å². The lowest BCUT2D eigenvalue weighted by atomic mass is 9.95. The van der Waals surface area contributed by atoms with Gasteiger partial charge in [-0.3, -0.25) is 4.79 Å². The van der Waals surface area contributed by atoms with Crippen LogP contribution in [0.15, 0.2) is 59.8 Å². The maximum absolute atomic E-state index is 12.9. The molecule has 0 radical (unpaired) electrons. The Labute approximate surface area is 207 Å². The molecule has 2 aromatic rings. The van der Waals surface area contributed by atoms with Crippen LogP contribution in [0.25, 0.3) is 0 Å². The number of benzene rings is 2. The molecule has 0 spiro atoms. The zero-order valence-corrected chi connectivity index (χ0v) is 21.3. The Bertz CT molecular complexity index is 1080. The van der Waals surface area contributed by atoms with Crippen molar-refractivity contribution in [3.05, 3.63) is 76.5 Å². The van der Waals surface area contributed by atoms with Gasteiger partial charge in [-0.2, -0.15) is 0 Å². The van der Waals surface area contributed by atoms with Gasteiger partial charge < -0.3 is 20.3 Å². The quantitative estimate of drug-likeness (QED) is 0.392. The molecule has 1 aliphatic heterocycles. The standard InChI is InChI=1S/C27H33N3O3S/c1-6-7-8-19-9-11-21(12-10-19)25(31)28-22-15-13-20(14-16-22)24-23(26(32)33-17(2)3)18(4)30(5)27(34)29-24/h9-17,24H,6-8H2,1-5H3,(H,28,31)(H,29,34). The van der Waals surface area contributed by atoms with Crippen LogP contribution in [-0.2, 0) is 16.0 Å². The number of carbonyl (C=O) groups is 2. The van der Waals surface area contributed by atoms with Gasteiger partial charge in [0.1, 0.15) is 0 Å². The zero-order valence-electron chi connectivity index (χ0n) is 20.5. The first kappa shape index (κ1) is 25.4. The third kappa shape index (κ3) is 6.03. The van der Waals surface area contributed by atoms with Crippen LogP contribution < -0.4 is 10.6 Å². The molecule has 6 nitrogen and oxygen atoms in total. The number of amides is 1. The lowest BCUT2D eigenvalue weighted by molar-refractivity contribution is -0.143. The average Bonchev–Trinajstić information content (AvgIpc) is 2.81. The number of nitrogens with zero attached hydrogens (tertiary/aromatic N) is 1. The lowest BCUT2D eigenvalue weighted by Crippen LogP contribution is -2.46. The summed E-state index contributed by atoms with van der Waals surface area (Å²) >= 11 is 5.45. The molecule has 0 saturated carbocycles. The van der Waals surface area contributed by atoms with E-state index < -0.39 is 6.04 Å². The van der Waals surface area contributed by atoms with Gasteiger partial charge in [0.05, 0.1) is 17.7 Å². The van der Waals surface area contributed by atoms with Crippen LogP contribution in [0.4, 0.5) is 5.69 Å². The van der Waals surface area contributed by atoms with Crippen LogP contribution in [0.1, 0.15) is 68.1 Å². The number of rotatable bonds is 8. The molecule has 7 heteroatoms. The molecule has 0 bridgehead atoms. The van der Waals surface area contributed by atoms with Crippen LogP contribution in [0.5, 0.6) is 0 Å². The molecule has 0 aromatic heterocycles. The van der Waals surface area contributed by atoms with Gasteiger partial charge in [0.2, 0.25) is 0 Å². The van der Waals surface area contributed by atoms with Crippen molar-refractivity contribution < 1.29 is 14.3 Å². The van der Waals surface area contributed by atoms with Crippen LogP contribution in [0.3, 0.4) is 0 Å². The van der Waals surface area contributed by atoms with E-state index >= 15 is 0 Å². The normalized spacial score (nSPS) is 15.9. The van der Waals surface area contributed by atoms with Crippen molar-refractivity contribution in [2.75, 3.05) is 12.4 Å². The monoisotopic (exact) mass is 479 g/mol. The van der Waals surface area contributed by atoms with Crippen LogP contribution >= 0.6 is 12.2 Å². The smallest absolute Gasteiger partial charge is 0.338 e. The number of esters is 1. The first-order chi connectivity index (χ1) is 16.2. The number of carbonyl (C=O) groups excluding carboxylic acids is 2. The van der Waals surface area contributed by atoms with E-state index in [4.69, 9.17) is 17.0 Å². The fourth-order valence-electron chi connectivity index (χ4n) is 3.79. The van der Waals surface area contributed by atoms with E-state index in [1.54, 1.807) is 4.90 Å². The Morgan fingerprint density at radius 1 is 1.12 bits per heavy atom. The lowest BCUT2D eigenvalue weighted by Gasteiger charge is -2.35. The minimum absolute atomic E-state index is 0.162. The van der Waals surface area contributed by atoms with Crippen molar-refractivity contribution in [3.8, 4) is 0 Å². The number of hydrogen-bond acceptors (Lipinski definition) is 4. The molecule has 2 N–H and O–H groups in total. The van der Waals surface area contributed by atoms with E-state index in [9.17, 15) is 9.59 Å². The van der Waals surface area contributed by atoms with E-state index in [-0.39, 0.29) is 18.0 Å². The first-order valence-corrected chi connectivity index (χ1v) is 12.1. The molecule has 0 saturated heterocycles. The summed E-state index contributed by atoms with van der Waals surface area (Å²) in [7, 11) is 1.82. The molecule has 0 aliphatic carbocycles. The van der Waals surface area contributed by atoms with E-state index in [0.717, 1.165) is 30.5 Å². The van der Waals surface area contributed by atoms with E-state index in [1.165, 1.54) is 5.56 Å². The summed E-state index contributed by atoms with van der Waals surface area (Å²) in [4.78, 5) is 27.3. The van der Waals surface area contributed by atoms with E-state index in [1.807, 2.05) is 76.3 Å². The van der Waals surface area contributed by atoms with Gasteiger partial charge in [0, 0.05) is 24.0 Å². The molecule has 1 aliphatic rings. The molecule has 1 amide bonds. The summed E-state index contributed by atoms with van der Waals surface area (Å²) in [6.07, 6.45) is 3.08. The minimum Gasteiger partial charge on any atom is -0.459 e. The molecule has 1 atom stereocenters. The number of allylic oxidation sites excluding steroid dienone is 1. The second-order valence-electron chi connectivity index (χ2n) is 8.77. The van der Waals surface area contributed by atoms with Crippen LogP contribution in [-0.4, -0.2) is 35.0 Å². The van der Waals surface area contributed by atoms with Crippen molar-refractivity contribution in [3.63, 3.8) is 0 Å². The molecular weight excluding hydrogens is 446 g/mol. The Morgan fingerprint density at radius 2 is 1.76 bits per heavy atom. The minimum atomic E-state index is -0.435. The van der Waals surface area contributed by atoms with Gasteiger partial charge in [0.25, 0.3) is 5.91 Å². The topological polar surface area (TPSA) is 70.7 Å². The zero-order chi connectivity index (χ0) is 24.8. The predicted octanol–water partition coefficient (Wildman–Crippen LogP) is 5.37. The van der Waals surface area contributed by atoms with Gasteiger partial charge in [-0.1, -0.05) is 37.6 Å². The third-order valence-electron chi connectivity index (χ3n) is 5.85. The Kier molecular flexibility index (Phi) is 8.45. The maximum atomic E-state index is 12.9. The largest absolute Gasteiger partial charge is 0.459 e. The molecular formula is C27H33N3O3S. The molecule has 180 valence electrons. The first-order valence-electron chi connectivity index (χ1n) is 11.7. The highest BCUT2D eigenvalue weighted by molar-refractivity contribution is 7.80. The maximum Gasteiger partial charge on any atom is 0.338 e. The fraction of sp³-hybridized carbons (Fsp3) is 0.370. The fourth-order valence-corrected chi connectivity index (χ4v) is 4.05. The van der Waals surface area contributed by atoms with Gasteiger partial charge in [-0.15, -0.1) is 0 Å². The number of anilines is 1. The second kappa shape index (κ2) is 11.3. The third-order valence-corrected chi connectivity index (χ3v) is 6.25. The number of aryl methyl sites for hydroxylation is 1. The number of ether oxygens (including phenoxy) is 1. The summed E-state index contributed by atoms with van der Waals surface area (Å²) in [6.45, 7) is 7.67. The number of unbranched alkanes of at least 4 members (excludes halogenated alkanes) is 1. The van der Waals surface area contributed by atoms with Crippen molar-refractivity contribution in [2.24, 2.45) is 0 Å². The molecule has 1 unspecified atom stereocenters. The van der Waals surface area contributed by atoms with Crippen molar-refractivity contribution >= 4 is 34.9 Å². The summed E-state index contributed by atoms with van der Waals surface area (Å²) < 4.78 is 5.49. The highest BCUT2D eigenvalue weighted by Crippen LogP contribution is 2.31. The summed E-state index contributed by atoms with van der Waals surface area (Å²) in [5.74, 6) is -0.538. The van der Waals surface area contributed by atoms with Crippen molar-refractivity contribution in [1.82, 2.24) is 10.2 Å². The van der Waals surface area contributed by atoms with E-state index in [2.05, 4.69) is 17.6 Å². The summed E-state index contributed by atoms with van der Waals surface area (Å²) in [5.41, 5.74) is 4.64. The van der Waals surface area contributed by atoms with E-state index in [0.29, 0.717) is 21.9 Å². The van der Waals surface area contributed by atoms with Crippen molar-refractivity contribution in [1.29, 1.82) is 0 Å². The molecule has 1 heterocycles. The summed E-state index contributed by atoms with van der Waals surface area (Å²) in [6, 6.07) is 14.7. The number of hydrogen-bond donors (Lipinski definition) is 2. The predicted molar refractivity (Wildman–Crippen MR) is 140 cm³/mol. The van der Waals surface area contributed by atoms with Gasteiger partial charge in [0.15, 0.2) is 5.11 Å². The Morgan fingerprint density at radius 3 is 2.35 bits per heavy atom. The van der Waals surface area contributed by atoms with Crippen LogP contribution in [0, 0.1) is 0 Å². The molecule has 0 fully saturated rings. The molecule has 3 rings (SSSR count). The Hall–Kier alpha value is -3.19. The van der Waals surface area contributed by atoms with Crippen LogP contribution in [0.2, 0.25) is 0 Å². The van der Waals surface area contributed by atoms with Gasteiger partial charge in [-0.25, -0.2) is 4.79 Å². The Balaban J connectivity index is 1.76. The van der Waals surface area contributed by atoms with Gasteiger partial charge in [-0.05, 0) is 81.2 Å². The molecule has 34 heavy (non-hydrogen) atoms. The number of nitrogens with one attached hydrogen (secondary N) is 2. The highest BCUT2D eigenvalue weighted by atomic mass is 32.1. The summed E-state index contributed by atoms with van der Waals surface area (Å²) in [5, 5.41) is 6.70. The SMILES string of the molecule is CCCCc1ccc(C(=O)Nc2ccc(C3NC(=S)N(C)C(C)=C3C(=O)OC(C)C)cc2)cc1. The average molecular weight is 480 g/mol. The number of thiocarbonyl (C=S) groups is 1. The highest BCUT2D eigenvalue weighted by Gasteiger charge is 2.33. The molecule has 2 aromatic carbocycles.